The SMILES string of the molecule is COC(=O)[C@@H]1CN(C(=O)OC(C)(C)C)C[C@@H]1N. The number of nitrogens with two attached hydrogens (primary N) is 1. The van der Waals surface area contributed by atoms with Crippen molar-refractivity contribution in [1.82, 2.24) is 4.90 Å². The molecule has 0 aliphatic carbocycles. The topological polar surface area (TPSA) is 81.9 Å². The van der Waals surface area contributed by atoms with Crippen molar-refractivity contribution < 1.29 is 19.1 Å². The van der Waals surface area contributed by atoms with E-state index in [9.17, 15) is 9.59 Å². The summed E-state index contributed by atoms with van der Waals surface area (Å²) >= 11 is 0. The first-order chi connectivity index (χ1) is 7.74. The van der Waals surface area contributed by atoms with Gasteiger partial charge in [0.1, 0.15) is 5.60 Å². The lowest BCUT2D eigenvalue weighted by atomic mass is 10.1. The molecule has 98 valence electrons. The minimum atomic E-state index is -0.551. The number of esters is 1. The predicted octanol–water partition coefficient (Wildman–Crippen LogP) is 0.354. The second-order valence-corrected chi connectivity index (χ2v) is 5.18. The Labute approximate surface area is 101 Å². The van der Waals surface area contributed by atoms with Crippen molar-refractivity contribution in [3.05, 3.63) is 0 Å². The van der Waals surface area contributed by atoms with Crippen molar-refractivity contribution >= 4 is 12.1 Å². The molecular formula is C11H20N2O4. The summed E-state index contributed by atoms with van der Waals surface area (Å²) in [5, 5.41) is 0. The van der Waals surface area contributed by atoms with Gasteiger partial charge in [0.2, 0.25) is 0 Å². The molecule has 1 saturated heterocycles. The number of amides is 1. The Morgan fingerprint density at radius 2 is 1.88 bits per heavy atom. The summed E-state index contributed by atoms with van der Waals surface area (Å²) in [6.07, 6.45) is -0.445. The lowest BCUT2D eigenvalue weighted by molar-refractivity contribution is -0.145. The van der Waals surface area contributed by atoms with Crippen LogP contribution in [-0.4, -0.2) is 48.8 Å². The molecule has 1 aliphatic rings. The Hall–Kier alpha value is -1.30. The Balaban J connectivity index is 2.60. The van der Waals surface area contributed by atoms with Crippen LogP contribution in [0.25, 0.3) is 0 Å². The summed E-state index contributed by atoms with van der Waals surface area (Å²) in [6.45, 7) is 5.94. The number of methoxy groups -OCH3 is 1. The van der Waals surface area contributed by atoms with Gasteiger partial charge in [-0.1, -0.05) is 0 Å². The number of hydrogen-bond donors (Lipinski definition) is 1. The summed E-state index contributed by atoms with van der Waals surface area (Å²) in [5.74, 6) is -0.851. The summed E-state index contributed by atoms with van der Waals surface area (Å²) in [4.78, 5) is 24.6. The minimum Gasteiger partial charge on any atom is -0.469 e. The summed E-state index contributed by atoms with van der Waals surface area (Å²) in [5.41, 5.74) is 5.25. The van der Waals surface area contributed by atoms with Crippen LogP contribution in [0.4, 0.5) is 4.79 Å². The van der Waals surface area contributed by atoms with E-state index in [2.05, 4.69) is 4.74 Å². The number of nitrogens with zero attached hydrogens (tertiary/aromatic N) is 1. The van der Waals surface area contributed by atoms with Crippen LogP contribution in [0.1, 0.15) is 20.8 Å². The molecule has 1 rings (SSSR count). The fraction of sp³-hybridized carbons (Fsp3) is 0.818. The molecule has 0 aromatic rings. The van der Waals surface area contributed by atoms with Crippen molar-refractivity contribution in [3.63, 3.8) is 0 Å². The van der Waals surface area contributed by atoms with Gasteiger partial charge in [-0.05, 0) is 20.8 Å². The van der Waals surface area contributed by atoms with Crippen molar-refractivity contribution in [2.24, 2.45) is 11.7 Å². The predicted molar refractivity (Wildman–Crippen MR) is 61.3 cm³/mol. The fourth-order valence-corrected chi connectivity index (χ4v) is 1.71. The molecule has 1 amide bonds. The van der Waals surface area contributed by atoms with Crippen LogP contribution < -0.4 is 5.73 Å². The van der Waals surface area contributed by atoms with Gasteiger partial charge >= 0.3 is 12.1 Å². The molecule has 0 aromatic heterocycles. The zero-order valence-electron chi connectivity index (χ0n) is 10.7. The normalized spacial score (nSPS) is 24.6. The summed E-state index contributed by atoms with van der Waals surface area (Å²) in [6, 6.07) is -0.394. The Morgan fingerprint density at radius 1 is 1.29 bits per heavy atom. The number of likely N-dealkylation sites (tertiary alicyclic amines) is 1. The highest BCUT2D eigenvalue weighted by Gasteiger charge is 2.39. The van der Waals surface area contributed by atoms with Gasteiger partial charge in [-0.3, -0.25) is 4.79 Å². The van der Waals surface area contributed by atoms with Crippen LogP contribution in [0.3, 0.4) is 0 Å². The molecule has 2 N–H and O–H groups in total. The highest BCUT2D eigenvalue weighted by Crippen LogP contribution is 2.19. The lowest BCUT2D eigenvalue weighted by Gasteiger charge is -2.24. The average molecular weight is 244 g/mol. The number of carbonyl (C=O) groups is 2. The first-order valence-corrected chi connectivity index (χ1v) is 5.56. The lowest BCUT2D eigenvalue weighted by Crippen LogP contribution is -2.36. The van der Waals surface area contributed by atoms with Gasteiger partial charge in [-0.25, -0.2) is 4.79 Å². The third-order valence-corrected chi connectivity index (χ3v) is 2.52. The minimum absolute atomic E-state index is 0.253. The average Bonchev–Trinajstić information content (AvgIpc) is 2.57. The van der Waals surface area contributed by atoms with E-state index in [-0.39, 0.29) is 12.5 Å². The number of ether oxygens (including phenoxy) is 2. The third kappa shape index (κ3) is 3.59. The van der Waals surface area contributed by atoms with E-state index in [1.807, 2.05) is 0 Å². The molecule has 0 saturated carbocycles. The molecule has 0 unspecified atom stereocenters. The Morgan fingerprint density at radius 3 is 2.35 bits per heavy atom. The molecule has 6 heteroatoms. The molecule has 0 aromatic carbocycles. The van der Waals surface area contributed by atoms with E-state index in [1.165, 1.54) is 12.0 Å². The molecule has 1 aliphatic heterocycles. The number of hydrogen-bond acceptors (Lipinski definition) is 5. The standard InChI is InChI=1S/C11H20N2O4/c1-11(2,3)17-10(15)13-5-7(8(12)6-13)9(14)16-4/h7-8H,5-6,12H2,1-4H3/t7-,8+/m1/s1. The quantitative estimate of drug-likeness (QED) is 0.673. The largest absolute Gasteiger partial charge is 0.469 e. The van der Waals surface area contributed by atoms with Gasteiger partial charge in [0.15, 0.2) is 0 Å². The van der Waals surface area contributed by atoms with Crippen molar-refractivity contribution in [1.29, 1.82) is 0 Å². The third-order valence-electron chi connectivity index (χ3n) is 2.52. The molecule has 6 nitrogen and oxygen atoms in total. The Kier molecular flexibility index (Phi) is 3.98. The number of rotatable bonds is 1. The fourth-order valence-electron chi connectivity index (χ4n) is 1.71. The van der Waals surface area contributed by atoms with Gasteiger partial charge in [-0.15, -0.1) is 0 Å². The summed E-state index contributed by atoms with van der Waals surface area (Å²) in [7, 11) is 1.31. The van der Waals surface area contributed by atoms with Crippen LogP contribution in [0.2, 0.25) is 0 Å². The second-order valence-electron chi connectivity index (χ2n) is 5.18. The molecule has 1 fully saturated rings. The van der Waals surface area contributed by atoms with Crippen molar-refractivity contribution in [3.8, 4) is 0 Å². The van der Waals surface area contributed by atoms with E-state index >= 15 is 0 Å². The molecule has 17 heavy (non-hydrogen) atoms. The maximum Gasteiger partial charge on any atom is 0.410 e. The first kappa shape index (κ1) is 13.8. The molecular weight excluding hydrogens is 224 g/mol. The van der Waals surface area contributed by atoms with E-state index < -0.39 is 23.7 Å². The van der Waals surface area contributed by atoms with Gasteiger partial charge in [0.05, 0.1) is 13.0 Å². The molecule has 1 heterocycles. The second kappa shape index (κ2) is 4.91. The number of carbonyl (C=O) groups excluding carboxylic acids is 2. The van der Waals surface area contributed by atoms with Crippen LogP contribution in [-0.2, 0) is 14.3 Å². The smallest absolute Gasteiger partial charge is 0.410 e. The Bertz CT molecular complexity index is 311. The van der Waals surface area contributed by atoms with Crippen LogP contribution in [0.5, 0.6) is 0 Å². The van der Waals surface area contributed by atoms with Gasteiger partial charge < -0.3 is 20.1 Å². The van der Waals surface area contributed by atoms with Crippen LogP contribution >= 0.6 is 0 Å². The van der Waals surface area contributed by atoms with E-state index in [4.69, 9.17) is 10.5 Å². The molecule has 0 spiro atoms. The van der Waals surface area contributed by atoms with Crippen LogP contribution in [0, 0.1) is 5.92 Å². The zero-order valence-corrected chi connectivity index (χ0v) is 10.7. The van der Waals surface area contributed by atoms with Gasteiger partial charge in [-0.2, -0.15) is 0 Å². The molecule has 0 bridgehead atoms. The van der Waals surface area contributed by atoms with Gasteiger partial charge in [0, 0.05) is 19.1 Å². The monoisotopic (exact) mass is 244 g/mol. The van der Waals surface area contributed by atoms with E-state index in [0.717, 1.165) is 0 Å². The molecule has 2 atom stereocenters. The first-order valence-electron chi connectivity index (χ1n) is 5.56. The van der Waals surface area contributed by atoms with E-state index in [1.54, 1.807) is 20.8 Å². The maximum absolute atomic E-state index is 11.8. The highest BCUT2D eigenvalue weighted by atomic mass is 16.6. The maximum atomic E-state index is 11.8. The van der Waals surface area contributed by atoms with E-state index in [0.29, 0.717) is 6.54 Å². The van der Waals surface area contributed by atoms with Crippen molar-refractivity contribution in [2.45, 2.75) is 32.4 Å². The summed E-state index contributed by atoms with van der Waals surface area (Å²) < 4.78 is 9.85. The van der Waals surface area contributed by atoms with Crippen molar-refractivity contribution in [2.75, 3.05) is 20.2 Å². The van der Waals surface area contributed by atoms with Gasteiger partial charge in [0.25, 0.3) is 0 Å². The highest BCUT2D eigenvalue weighted by molar-refractivity contribution is 5.76. The molecule has 0 radical (unpaired) electrons. The zero-order chi connectivity index (χ0) is 13.2. The van der Waals surface area contributed by atoms with Crippen LogP contribution in [0.15, 0.2) is 0 Å².